The number of carbonyl (C=O) groups is 5. The third kappa shape index (κ3) is 8.77. The third-order valence-corrected chi connectivity index (χ3v) is 12.8. The van der Waals surface area contributed by atoms with Crippen molar-refractivity contribution >= 4 is 51.3 Å². The molecule has 2 saturated carbocycles. The average molecular weight is 774 g/mol. The summed E-state index contributed by atoms with van der Waals surface area (Å²) in [5, 5.41) is 5.02. The molecule has 6 rings (SSSR count). The molecule has 0 aromatic heterocycles. The molecule has 5 aliphatic rings. The minimum atomic E-state index is -4.58. The van der Waals surface area contributed by atoms with Gasteiger partial charge in [0, 0.05) is 24.4 Å². The second-order valence-electron chi connectivity index (χ2n) is 14.6. The van der Waals surface area contributed by atoms with Gasteiger partial charge in [-0.15, -0.1) is 0 Å². The van der Waals surface area contributed by atoms with Gasteiger partial charge >= 0.3 is 12.3 Å². The molecule has 1 aromatic rings. The Hall–Kier alpha value is -3.60. The topological polar surface area (TPSA) is 171 Å². The Morgan fingerprint density at radius 3 is 2.42 bits per heavy atom. The predicted octanol–water partition coefficient (Wildman–Crippen LogP) is 3.82. The molecule has 52 heavy (non-hydrogen) atoms. The van der Waals surface area contributed by atoms with Gasteiger partial charge in [0.1, 0.15) is 23.7 Å². The van der Waals surface area contributed by atoms with E-state index in [4.69, 9.17) is 16.3 Å². The van der Waals surface area contributed by atoms with Crippen LogP contribution in [0.25, 0.3) is 0 Å². The lowest BCUT2D eigenvalue weighted by molar-refractivity contribution is -0.146. The van der Waals surface area contributed by atoms with Gasteiger partial charge in [-0.25, -0.2) is 13.2 Å². The van der Waals surface area contributed by atoms with Gasteiger partial charge in [0.15, 0.2) is 0 Å². The van der Waals surface area contributed by atoms with Gasteiger partial charge in [0.2, 0.25) is 27.7 Å². The molecule has 0 unspecified atom stereocenters. The van der Waals surface area contributed by atoms with Crippen LogP contribution >= 0.6 is 11.6 Å². The summed E-state index contributed by atoms with van der Waals surface area (Å²) in [4.78, 5) is 70.5. The second-order valence-corrected chi connectivity index (χ2v) is 17.0. The number of rotatable bonds is 7. The van der Waals surface area contributed by atoms with Crippen LogP contribution in [0.15, 0.2) is 18.2 Å². The van der Waals surface area contributed by atoms with Crippen molar-refractivity contribution in [2.24, 2.45) is 5.92 Å². The van der Waals surface area contributed by atoms with Crippen LogP contribution in [0.4, 0.5) is 18.0 Å². The Kier molecular flexibility index (Phi) is 11.0. The molecular formula is C34H43ClF3N5O8S. The summed E-state index contributed by atoms with van der Waals surface area (Å²) >= 11 is 6.31. The number of ether oxygens (including phenoxy) is 1. The van der Waals surface area contributed by atoms with Crippen LogP contribution in [0.1, 0.15) is 94.6 Å². The summed E-state index contributed by atoms with van der Waals surface area (Å²) in [6, 6.07) is 2.74. The molecule has 5 atom stereocenters. The van der Waals surface area contributed by atoms with Crippen LogP contribution in [0, 0.1) is 5.92 Å². The molecule has 3 N–H and O–H groups in total. The summed E-state index contributed by atoms with van der Waals surface area (Å²) in [5.74, 6) is -3.68. The summed E-state index contributed by atoms with van der Waals surface area (Å²) in [6.07, 6.45) is -3.72. The van der Waals surface area contributed by atoms with E-state index in [1.807, 2.05) is 6.07 Å². The smallest absolute Gasteiger partial charge is 0.410 e. The van der Waals surface area contributed by atoms with Crippen molar-refractivity contribution in [2.45, 2.75) is 132 Å². The molecule has 3 heterocycles. The molecule has 4 fully saturated rings. The van der Waals surface area contributed by atoms with E-state index in [9.17, 15) is 45.6 Å². The summed E-state index contributed by atoms with van der Waals surface area (Å²) in [5.41, 5.74) is 0.0766. The molecule has 0 bridgehead atoms. The van der Waals surface area contributed by atoms with Crippen LogP contribution in [-0.2, 0) is 47.0 Å². The van der Waals surface area contributed by atoms with Gasteiger partial charge in [-0.1, -0.05) is 55.8 Å². The van der Waals surface area contributed by atoms with Gasteiger partial charge < -0.3 is 20.3 Å². The number of hydrogen-bond acceptors (Lipinski definition) is 8. The molecule has 1 aromatic carbocycles. The number of benzene rings is 1. The lowest BCUT2D eigenvalue weighted by Gasteiger charge is -2.30. The number of fused-ring (bicyclic) bond motifs is 3. The number of alkyl halides is 3. The molecule has 13 nitrogen and oxygen atoms in total. The third-order valence-electron chi connectivity index (χ3n) is 10.7. The Morgan fingerprint density at radius 2 is 1.73 bits per heavy atom. The molecular weight excluding hydrogens is 731 g/mol. The van der Waals surface area contributed by atoms with Gasteiger partial charge in [0.25, 0.3) is 5.91 Å². The van der Waals surface area contributed by atoms with Gasteiger partial charge in [-0.3, -0.25) is 28.8 Å². The largest absolute Gasteiger partial charge is 0.444 e. The quantitative estimate of drug-likeness (QED) is 0.376. The van der Waals surface area contributed by atoms with Crippen LogP contribution in [0.2, 0.25) is 5.02 Å². The fraction of sp³-hybridized carbons (Fsp3) is 0.676. The number of sulfonamides is 1. The second kappa shape index (κ2) is 15.0. The minimum Gasteiger partial charge on any atom is -0.444 e. The van der Waals surface area contributed by atoms with Crippen molar-refractivity contribution in [3.05, 3.63) is 34.3 Å². The standard InChI is InChI=1S/C34H43ClF3N5O8S/c35-25-9-6-7-20-17-42(19-24(20)25)32(48)51-22-15-27-29(45)40-33(31(47)41-52(49,50)23-11-12-23)16-21(33)8-4-2-1-3-5-10-26(30(46)43(27)18-22)39-28(44)13-14-34(36,37)38/h6-7,9,21-23,26-27H,1-5,8,10-19H2,(H,39,44)(H,40,45)(H,41,47)/t21-,22-,26+,27+,33-/m1/s1. The molecule has 5 amide bonds. The highest BCUT2D eigenvalue weighted by Gasteiger charge is 2.62. The van der Waals surface area contributed by atoms with Crippen molar-refractivity contribution in [3.63, 3.8) is 0 Å². The number of nitrogens with zero attached hydrogens (tertiary/aromatic N) is 2. The summed E-state index contributed by atoms with van der Waals surface area (Å²) in [7, 11) is -3.94. The van der Waals surface area contributed by atoms with E-state index in [1.54, 1.807) is 12.1 Å². The minimum absolute atomic E-state index is 0.104. The number of hydrogen-bond donors (Lipinski definition) is 3. The van der Waals surface area contributed by atoms with Crippen LogP contribution in [0.5, 0.6) is 0 Å². The first-order valence-corrected chi connectivity index (χ1v) is 19.8. The van der Waals surface area contributed by atoms with E-state index in [-0.39, 0.29) is 44.8 Å². The van der Waals surface area contributed by atoms with E-state index in [0.29, 0.717) is 43.5 Å². The van der Waals surface area contributed by atoms with Gasteiger partial charge in [0.05, 0.1) is 24.8 Å². The molecule has 0 radical (unpaired) electrons. The molecule has 2 aliphatic carbocycles. The fourth-order valence-corrected chi connectivity index (χ4v) is 9.12. The van der Waals surface area contributed by atoms with Crippen molar-refractivity contribution in [3.8, 4) is 0 Å². The first-order valence-electron chi connectivity index (χ1n) is 17.8. The lowest BCUT2D eigenvalue weighted by atomic mass is 10.0. The SMILES string of the molecule is O=C(CCC(F)(F)F)N[C@H]1CCCCCCC[C@@H]2C[C@@]2(C(=O)NS(=O)(=O)C2CC2)NC(=O)[C@@H]2C[C@@H](OC(=O)N3Cc4cccc(Cl)c4C3)CN2C1=O. The van der Waals surface area contributed by atoms with E-state index in [2.05, 4.69) is 15.4 Å². The number of amides is 5. The highest BCUT2D eigenvalue weighted by Crippen LogP contribution is 2.48. The number of nitrogens with one attached hydrogen (secondary N) is 3. The molecule has 3 aliphatic heterocycles. The van der Waals surface area contributed by atoms with Crippen molar-refractivity contribution in [2.75, 3.05) is 6.54 Å². The zero-order valence-corrected chi connectivity index (χ0v) is 30.1. The summed E-state index contributed by atoms with van der Waals surface area (Å²) in [6.45, 7) is 0.141. The molecule has 286 valence electrons. The lowest BCUT2D eigenvalue weighted by Crippen LogP contribution is -2.58. The number of carbonyl (C=O) groups excluding carboxylic acids is 5. The highest BCUT2D eigenvalue weighted by molar-refractivity contribution is 7.91. The maximum atomic E-state index is 14.2. The van der Waals surface area contributed by atoms with Crippen LogP contribution in [-0.4, -0.2) is 89.6 Å². The van der Waals surface area contributed by atoms with Gasteiger partial charge in [-0.05, 0) is 55.2 Å². The first kappa shape index (κ1) is 38.1. The van der Waals surface area contributed by atoms with E-state index in [1.165, 1.54) is 4.90 Å². The van der Waals surface area contributed by atoms with Crippen LogP contribution in [0.3, 0.4) is 0 Å². The first-order chi connectivity index (χ1) is 24.6. The Morgan fingerprint density at radius 1 is 1.02 bits per heavy atom. The predicted molar refractivity (Wildman–Crippen MR) is 180 cm³/mol. The molecule has 18 heteroatoms. The van der Waals surface area contributed by atoms with E-state index >= 15 is 0 Å². The Labute approximate surface area is 304 Å². The fourth-order valence-electron chi connectivity index (χ4n) is 7.50. The van der Waals surface area contributed by atoms with Gasteiger partial charge in [-0.2, -0.15) is 13.2 Å². The molecule has 2 saturated heterocycles. The maximum absolute atomic E-state index is 14.2. The maximum Gasteiger partial charge on any atom is 0.410 e. The Bertz CT molecular complexity index is 1710. The van der Waals surface area contributed by atoms with Crippen molar-refractivity contribution in [1.82, 2.24) is 25.2 Å². The van der Waals surface area contributed by atoms with Crippen molar-refractivity contribution in [1.29, 1.82) is 0 Å². The zero-order valence-electron chi connectivity index (χ0n) is 28.5. The zero-order chi connectivity index (χ0) is 37.4. The highest BCUT2D eigenvalue weighted by atomic mass is 35.5. The van der Waals surface area contributed by atoms with Crippen LogP contribution < -0.4 is 15.4 Å². The Balaban J connectivity index is 1.23. The number of halogens is 4. The van der Waals surface area contributed by atoms with E-state index < -0.39 is 87.7 Å². The monoisotopic (exact) mass is 773 g/mol. The van der Waals surface area contributed by atoms with E-state index in [0.717, 1.165) is 28.9 Å². The average Bonchev–Trinajstić information content (AvgIpc) is 3.96. The summed E-state index contributed by atoms with van der Waals surface area (Å²) < 4.78 is 72.1. The molecule has 0 spiro atoms. The normalized spacial score (nSPS) is 28.4. The van der Waals surface area contributed by atoms with Crippen molar-refractivity contribution < 1.29 is 50.3 Å².